The molecular weight excluding hydrogens is 366 g/mol. The SMILES string of the molecule is Cc1ccc(OC2CN([C@@H](C)c3nc4c(cnn4C4CCCC4)c(=O)[nH]3)C2)cc1. The Morgan fingerprint density at radius 1 is 1.17 bits per heavy atom. The molecule has 29 heavy (non-hydrogen) atoms. The Balaban J connectivity index is 1.31. The van der Waals surface area contributed by atoms with Crippen molar-refractivity contribution in [3.8, 4) is 5.75 Å². The van der Waals surface area contributed by atoms with Crippen molar-refractivity contribution < 1.29 is 4.74 Å². The lowest BCUT2D eigenvalue weighted by atomic mass is 10.1. The quantitative estimate of drug-likeness (QED) is 0.719. The number of ether oxygens (including phenoxy) is 1. The van der Waals surface area contributed by atoms with Crippen LogP contribution in [0.15, 0.2) is 35.3 Å². The molecule has 2 fully saturated rings. The van der Waals surface area contributed by atoms with E-state index in [1.807, 2.05) is 16.8 Å². The molecule has 0 unspecified atom stereocenters. The maximum atomic E-state index is 12.6. The van der Waals surface area contributed by atoms with Gasteiger partial charge in [0, 0.05) is 13.1 Å². The van der Waals surface area contributed by atoms with Crippen LogP contribution in [0.25, 0.3) is 11.0 Å². The number of rotatable bonds is 5. The first-order valence-electron chi connectivity index (χ1n) is 10.5. The van der Waals surface area contributed by atoms with E-state index in [0.717, 1.165) is 37.3 Å². The van der Waals surface area contributed by atoms with E-state index in [1.54, 1.807) is 6.20 Å². The molecule has 1 saturated carbocycles. The van der Waals surface area contributed by atoms with E-state index >= 15 is 0 Å². The summed E-state index contributed by atoms with van der Waals surface area (Å²) in [6.45, 7) is 5.79. The van der Waals surface area contributed by atoms with Crippen LogP contribution in [0.2, 0.25) is 0 Å². The van der Waals surface area contributed by atoms with Crippen LogP contribution in [0.5, 0.6) is 5.75 Å². The molecule has 0 spiro atoms. The van der Waals surface area contributed by atoms with Crippen molar-refractivity contribution in [2.24, 2.45) is 0 Å². The van der Waals surface area contributed by atoms with E-state index in [4.69, 9.17) is 9.72 Å². The molecule has 0 radical (unpaired) electrons. The van der Waals surface area contributed by atoms with Gasteiger partial charge in [0.1, 0.15) is 23.1 Å². The van der Waals surface area contributed by atoms with Crippen LogP contribution in [0.4, 0.5) is 0 Å². The van der Waals surface area contributed by atoms with Crippen LogP contribution in [0, 0.1) is 6.92 Å². The second-order valence-electron chi connectivity index (χ2n) is 8.40. The standard InChI is InChI=1S/C22H27N5O2/c1-14-7-9-17(10-8-14)29-18-12-26(13-18)15(2)20-24-21-19(22(28)25-20)11-23-27(21)16-5-3-4-6-16/h7-11,15-16,18H,3-6,12-13H2,1-2H3,(H,24,25,28)/t15-/m0/s1. The first-order valence-corrected chi connectivity index (χ1v) is 10.5. The van der Waals surface area contributed by atoms with Crippen LogP contribution >= 0.6 is 0 Å². The van der Waals surface area contributed by atoms with Gasteiger partial charge in [-0.05, 0) is 38.8 Å². The maximum Gasteiger partial charge on any atom is 0.262 e. The lowest BCUT2D eigenvalue weighted by Gasteiger charge is -2.42. The summed E-state index contributed by atoms with van der Waals surface area (Å²) in [5, 5.41) is 5.06. The van der Waals surface area contributed by atoms with Crippen LogP contribution in [0.3, 0.4) is 0 Å². The minimum atomic E-state index is -0.103. The van der Waals surface area contributed by atoms with Gasteiger partial charge in [0.25, 0.3) is 5.56 Å². The Hall–Kier alpha value is -2.67. The molecule has 7 heteroatoms. The lowest BCUT2D eigenvalue weighted by Crippen LogP contribution is -2.54. The molecule has 5 rings (SSSR count). The van der Waals surface area contributed by atoms with Gasteiger partial charge >= 0.3 is 0 Å². The third-order valence-corrected chi connectivity index (χ3v) is 6.30. The summed E-state index contributed by atoms with van der Waals surface area (Å²) in [7, 11) is 0. The topological polar surface area (TPSA) is 76.0 Å². The lowest BCUT2D eigenvalue weighted by molar-refractivity contribution is -0.00735. The number of aromatic amines is 1. The summed E-state index contributed by atoms with van der Waals surface area (Å²) >= 11 is 0. The molecule has 1 N–H and O–H groups in total. The molecule has 2 aromatic heterocycles. The zero-order chi connectivity index (χ0) is 20.0. The molecule has 0 bridgehead atoms. The van der Waals surface area contributed by atoms with E-state index in [2.05, 4.69) is 41.0 Å². The Bertz CT molecular complexity index is 1060. The van der Waals surface area contributed by atoms with E-state index in [1.165, 1.54) is 18.4 Å². The number of nitrogens with one attached hydrogen (secondary N) is 1. The largest absolute Gasteiger partial charge is 0.488 e. The molecular formula is C22H27N5O2. The van der Waals surface area contributed by atoms with E-state index in [-0.39, 0.29) is 17.7 Å². The second-order valence-corrected chi connectivity index (χ2v) is 8.40. The minimum Gasteiger partial charge on any atom is -0.488 e. The molecule has 1 saturated heterocycles. The predicted molar refractivity (Wildman–Crippen MR) is 111 cm³/mol. The molecule has 1 atom stereocenters. The van der Waals surface area contributed by atoms with Crippen molar-refractivity contribution in [1.82, 2.24) is 24.6 Å². The van der Waals surface area contributed by atoms with Gasteiger partial charge in [-0.1, -0.05) is 30.5 Å². The number of likely N-dealkylation sites (tertiary alicyclic amines) is 1. The third-order valence-electron chi connectivity index (χ3n) is 6.30. The normalized spacial score (nSPS) is 19.5. The first-order chi connectivity index (χ1) is 14.1. The molecule has 7 nitrogen and oxygen atoms in total. The highest BCUT2D eigenvalue weighted by Gasteiger charge is 2.34. The fraction of sp³-hybridized carbons (Fsp3) is 0.500. The molecule has 2 aliphatic rings. The van der Waals surface area contributed by atoms with Crippen LogP contribution in [0.1, 0.15) is 56.1 Å². The fourth-order valence-corrected chi connectivity index (χ4v) is 4.41. The average Bonchev–Trinajstić information content (AvgIpc) is 3.34. The van der Waals surface area contributed by atoms with Crippen molar-refractivity contribution in [1.29, 1.82) is 0 Å². The van der Waals surface area contributed by atoms with Gasteiger partial charge in [-0.15, -0.1) is 0 Å². The number of aromatic nitrogens is 4. The highest BCUT2D eigenvalue weighted by molar-refractivity contribution is 5.73. The second kappa shape index (κ2) is 7.30. The Labute approximate surface area is 169 Å². The van der Waals surface area contributed by atoms with Gasteiger partial charge in [0.2, 0.25) is 0 Å². The van der Waals surface area contributed by atoms with Crippen molar-refractivity contribution >= 4 is 11.0 Å². The third kappa shape index (κ3) is 3.44. The van der Waals surface area contributed by atoms with Crippen LogP contribution in [-0.2, 0) is 0 Å². The Morgan fingerprint density at radius 2 is 1.90 bits per heavy atom. The average molecular weight is 393 g/mol. The van der Waals surface area contributed by atoms with Gasteiger partial charge in [0.05, 0.1) is 18.3 Å². The Morgan fingerprint density at radius 3 is 2.62 bits per heavy atom. The monoisotopic (exact) mass is 393 g/mol. The van der Waals surface area contributed by atoms with E-state index in [0.29, 0.717) is 17.3 Å². The molecule has 1 aliphatic heterocycles. The zero-order valence-electron chi connectivity index (χ0n) is 17.0. The van der Waals surface area contributed by atoms with Crippen molar-refractivity contribution in [2.45, 2.75) is 57.7 Å². The number of fused-ring (bicyclic) bond motifs is 1. The van der Waals surface area contributed by atoms with Crippen LogP contribution < -0.4 is 10.3 Å². The number of hydrogen-bond acceptors (Lipinski definition) is 5. The smallest absolute Gasteiger partial charge is 0.262 e. The van der Waals surface area contributed by atoms with Crippen LogP contribution in [-0.4, -0.2) is 43.8 Å². The van der Waals surface area contributed by atoms with E-state index in [9.17, 15) is 4.79 Å². The number of nitrogens with zero attached hydrogens (tertiary/aromatic N) is 4. The highest BCUT2D eigenvalue weighted by atomic mass is 16.5. The summed E-state index contributed by atoms with van der Waals surface area (Å²) in [5.74, 6) is 1.61. The molecule has 1 aliphatic carbocycles. The van der Waals surface area contributed by atoms with Crippen molar-refractivity contribution in [3.63, 3.8) is 0 Å². The molecule has 3 aromatic rings. The van der Waals surface area contributed by atoms with Gasteiger partial charge in [-0.25, -0.2) is 9.67 Å². The van der Waals surface area contributed by atoms with Crippen molar-refractivity contribution in [2.75, 3.05) is 13.1 Å². The maximum absolute atomic E-state index is 12.6. The molecule has 0 amide bonds. The van der Waals surface area contributed by atoms with E-state index < -0.39 is 0 Å². The Kier molecular flexibility index (Phi) is 4.62. The van der Waals surface area contributed by atoms with Gasteiger partial charge in [-0.2, -0.15) is 5.10 Å². The van der Waals surface area contributed by atoms with Gasteiger partial charge in [-0.3, -0.25) is 9.69 Å². The minimum absolute atomic E-state index is 0.0249. The summed E-state index contributed by atoms with van der Waals surface area (Å²) < 4.78 is 8.01. The highest BCUT2D eigenvalue weighted by Crippen LogP contribution is 2.31. The van der Waals surface area contributed by atoms with Gasteiger partial charge in [0.15, 0.2) is 5.65 Å². The first kappa shape index (κ1) is 18.4. The summed E-state index contributed by atoms with van der Waals surface area (Å²) in [6.07, 6.45) is 6.48. The summed E-state index contributed by atoms with van der Waals surface area (Å²) in [4.78, 5) is 22.7. The number of hydrogen-bond donors (Lipinski definition) is 1. The summed E-state index contributed by atoms with van der Waals surface area (Å²) in [5.41, 5.74) is 1.84. The molecule has 152 valence electrons. The zero-order valence-corrected chi connectivity index (χ0v) is 17.0. The number of benzene rings is 1. The molecule has 1 aromatic carbocycles. The predicted octanol–water partition coefficient (Wildman–Crippen LogP) is 3.37. The summed E-state index contributed by atoms with van der Waals surface area (Å²) in [6, 6.07) is 8.53. The van der Waals surface area contributed by atoms with Gasteiger partial charge < -0.3 is 9.72 Å². The number of aryl methyl sites for hydroxylation is 1. The molecule has 3 heterocycles. The van der Waals surface area contributed by atoms with Crippen molar-refractivity contribution in [3.05, 3.63) is 52.2 Å². The fourth-order valence-electron chi connectivity index (χ4n) is 4.41. The number of H-pyrrole nitrogens is 1.